The van der Waals surface area contributed by atoms with Crippen LogP contribution in [0.15, 0.2) is 39.6 Å². The highest BCUT2D eigenvalue weighted by molar-refractivity contribution is 7.99. The Morgan fingerprint density at radius 2 is 2.25 bits per heavy atom. The molecule has 1 aromatic carbocycles. The summed E-state index contributed by atoms with van der Waals surface area (Å²) in [7, 11) is 1.60. The Morgan fingerprint density at radius 3 is 3.04 bits per heavy atom. The summed E-state index contributed by atoms with van der Waals surface area (Å²) >= 11 is 8.26. The summed E-state index contributed by atoms with van der Waals surface area (Å²) in [4.78, 5) is 29.2. The van der Waals surface area contributed by atoms with Gasteiger partial charge in [-0.15, -0.1) is 11.3 Å². The topological polar surface area (TPSA) is 64.0 Å². The normalized spacial score (nSPS) is 11.0. The van der Waals surface area contributed by atoms with E-state index in [4.69, 9.17) is 11.6 Å². The Morgan fingerprint density at radius 1 is 1.46 bits per heavy atom. The van der Waals surface area contributed by atoms with E-state index in [1.165, 1.54) is 34.1 Å². The number of nitrogens with zero attached hydrogens (tertiary/aromatic N) is 2. The second kappa shape index (κ2) is 6.92. The fraction of sp³-hybridized carbons (Fsp3) is 0.133. The first-order valence-electron chi connectivity index (χ1n) is 6.77. The van der Waals surface area contributed by atoms with Crippen molar-refractivity contribution in [2.75, 3.05) is 11.1 Å². The van der Waals surface area contributed by atoms with Gasteiger partial charge in [-0.3, -0.25) is 14.2 Å². The lowest BCUT2D eigenvalue weighted by Crippen LogP contribution is -2.21. The average molecular weight is 384 g/mol. The summed E-state index contributed by atoms with van der Waals surface area (Å²) < 4.78 is 15.0. The van der Waals surface area contributed by atoms with E-state index in [1.807, 2.05) is 0 Å². The number of benzene rings is 1. The number of amides is 1. The van der Waals surface area contributed by atoms with Crippen molar-refractivity contribution in [2.24, 2.45) is 7.05 Å². The van der Waals surface area contributed by atoms with Crippen LogP contribution in [-0.4, -0.2) is 21.2 Å². The Balaban J connectivity index is 1.74. The molecule has 0 aliphatic carbocycles. The van der Waals surface area contributed by atoms with Crippen LogP contribution in [0, 0.1) is 5.82 Å². The number of thiophene rings is 1. The molecule has 2 aromatic heterocycles. The number of halogens is 2. The van der Waals surface area contributed by atoms with Gasteiger partial charge in [0.2, 0.25) is 5.91 Å². The van der Waals surface area contributed by atoms with Gasteiger partial charge in [-0.1, -0.05) is 23.4 Å². The van der Waals surface area contributed by atoms with E-state index in [0.717, 1.165) is 11.8 Å². The molecule has 3 aromatic rings. The monoisotopic (exact) mass is 383 g/mol. The number of anilines is 1. The molecule has 5 nitrogen and oxygen atoms in total. The van der Waals surface area contributed by atoms with Crippen LogP contribution >= 0.6 is 34.7 Å². The minimum atomic E-state index is -0.566. The maximum absolute atomic E-state index is 13.6. The molecule has 0 aliphatic rings. The molecule has 2 heterocycles. The van der Waals surface area contributed by atoms with Crippen molar-refractivity contribution < 1.29 is 9.18 Å². The van der Waals surface area contributed by atoms with Crippen molar-refractivity contribution in [1.29, 1.82) is 0 Å². The molecule has 124 valence electrons. The predicted octanol–water partition coefficient (Wildman–Crippen LogP) is 3.52. The Bertz CT molecular complexity index is 986. The maximum Gasteiger partial charge on any atom is 0.262 e. The number of hydrogen-bond donors (Lipinski definition) is 1. The van der Waals surface area contributed by atoms with Crippen molar-refractivity contribution in [3.8, 4) is 0 Å². The van der Waals surface area contributed by atoms with E-state index in [-0.39, 0.29) is 17.0 Å². The molecule has 0 atom stereocenters. The zero-order valence-corrected chi connectivity index (χ0v) is 14.8. The van der Waals surface area contributed by atoms with Crippen LogP contribution < -0.4 is 10.9 Å². The van der Waals surface area contributed by atoms with E-state index in [2.05, 4.69) is 10.3 Å². The third kappa shape index (κ3) is 3.45. The third-order valence-corrected chi connectivity index (χ3v) is 5.27. The zero-order valence-electron chi connectivity index (χ0n) is 12.4. The van der Waals surface area contributed by atoms with Gasteiger partial charge in [-0.25, -0.2) is 9.37 Å². The molecule has 0 saturated carbocycles. The van der Waals surface area contributed by atoms with E-state index < -0.39 is 11.7 Å². The number of hydrogen-bond acceptors (Lipinski definition) is 5. The van der Waals surface area contributed by atoms with Gasteiger partial charge in [0.15, 0.2) is 5.16 Å². The van der Waals surface area contributed by atoms with Crippen molar-refractivity contribution in [3.63, 3.8) is 0 Å². The van der Waals surface area contributed by atoms with Crippen LogP contribution in [-0.2, 0) is 11.8 Å². The number of nitrogens with one attached hydrogen (secondary N) is 1. The molecule has 1 N–H and O–H groups in total. The Hall–Kier alpha value is -1.90. The molecule has 1 amide bonds. The summed E-state index contributed by atoms with van der Waals surface area (Å²) in [6, 6.07) is 5.64. The fourth-order valence-corrected chi connectivity index (χ4v) is 3.77. The van der Waals surface area contributed by atoms with Gasteiger partial charge in [0, 0.05) is 12.1 Å². The number of rotatable bonds is 4. The van der Waals surface area contributed by atoms with Crippen LogP contribution in [0.4, 0.5) is 10.1 Å². The molecule has 0 aliphatic heterocycles. The van der Waals surface area contributed by atoms with E-state index in [1.54, 1.807) is 18.5 Å². The second-order valence-corrected chi connectivity index (χ2v) is 7.13. The molecule has 9 heteroatoms. The van der Waals surface area contributed by atoms with E-state index in [0.29, 0.717) is 20.4 Å². The van der Waals surface area contributed by atoms with E-state index in [9.17, 15) is 14.0 Å². The molecular weight excluding hydrogens is 373 g/mol. The molecule has 0 saturated heterocycles. The second-order valence-electron chi connectivity index (χ2n) is 4.86. The largest absolute Gasteiger partial charge is 0.323 e. The highest BCUT2D eigenvalue weighted by atomic mass is 35.5. The van der Waals surface area contributed by atoms with Gasteiger partial charge in [-0.2, -0.15) is 0 Å². The minimum Gasteiger partial charge on any atom is -0.323 e. The molecule has 3 rings (SSSR count). The van der Waals surface area contributed by atoms with E-state index >= 15 is 0 Å². The van der Waals surface area contributed by atoms with Crippen molar-refractivity contribution >= 4 is 56.5 Å². The van der Waals surface area contributed by atoms with Gasteiger partial charge in [-0.05, 0) is 29.6 Å². The quantitative estimate of drug-likeness (QED) is 0.553. The molecule has 0 bridgehead atoms. The first-order chi connectivity index (χ1) is 11.5. The first kappa shape index (κ1) is 16.9. The summed E-state index contributed by atoms with van der Waals surface area (Å²) in [6.07, 6.45) is 0. The molecule has 0 unspecified atom stereocenters. The molecule has 24 heavy (non-hydrogen) atoms. The van der Waals surface area contributed by atoms with Crippen LogP contribution in [0.5, 0.6) is 0 Å². The van der Waals surface area contributed by atoms with Crippen molar-refractivity contribution in [2.45, 2.75) is 5.16 Å². The number of carbonyl (C=O) groups excluding carboxylic acids is 1. The number of aromatic nitrogens is 2. The smallest absolute Gasteiger partial charge is 0.262 e. The highest BCUT2D eigenvalue weighted by Gasteiger charge is 2.13. The number of fused-ring (bicyclic) bond motifs is 1. The lowest BCUT2D eigenvalue weighted by molar-refractivity contribution is -0.113. The van der Waals surface area contributed by atoms with Gasteiger partial charge < -0.3 is 5.32 Å². The molecule has 0 fully saturated rings. The standard InChI is InChI=1S/C15H11ClFN3O2S2/c1-20-14(22)9-4-5-23-13(9)19-15(20)24-7-12(21)18-11-6-8(16)2-3-10(11)17/h2-6H,7H2,1H3,(H,18,21). The lowest BCUT2D eigenvalue weighted by atomic mass is 10.3. The summed E-state index contributed by atoms with van der Waals surface area (Å²) in [5.74, 6) is -0.992. The third-order valence-electron chi connectivity index (χ3n) is 3.20. The summed E-state index contributed by atoms with van der Waals surface area (Å²) in [5, 5.41) is 5.56. The van der Waals surface area contributed by atoms with Crippen molar-refractivity contribution in [1.82, 2.24) is 9.55 Å². The van der Waals surface area contributed by atoms with Gasteiger partial charge in [0.05, 0.1) is 16.8 Å². The molecular formula is C15H11ClFN3O2S2. The Kier molecular flexibility index (Phi) is 4.88. The lowest BCUT2D eigenvalue weighted by Gasteiger charge is -2.08. The van der Waals surface area contributed by atoms with Crippen LogP contribution in [0.2, 0.25) is 5.02 Å². The zero-order chi connectivity index (χ0) is 17.3. The first-order valence-corrected chi connectivity index (χ1v) is 9.02. The SMILES string of the molecule is Cn1c(SCC(=O)Nc2cc(Cl)ccc2F)nc2sccc2c1=O. The van der Waals surface area contributed by atoms with Crippen LogP contribution in [0.1, 0.15) is 0 Å². The Labute approximate surface area is 149 Å². The molecule has 0 spiro atoms. The summed E-state index contributed by atoms with van der Waals surface area (Å²) in [5.41, 5.74) is -0.145. The summed E-state index contributed by atoms with van der Waals surface area (Å²) in [6.45, 7) is 0. The fourth-order valence-electron chi connectivity index (χ4n) is 2.02. The van der Waals surface area contributed by atoms with Gasteiger partial charge >= 0.3 is 0 Å². The predicted molar refractivity (Wildman–Crippen MR) is 95.6 cm³/mol. The maximum atomic E-state index is 13.6. The van der Waals surface area contributed by atoms with Crippen LogP contribution in [0.25, 0.3) is 10.2 Å². The average Bonchev–Trinajstić information content (AvgIpc) is 3.01. The number of carbonyl (C=O) groups is 1. The van der Waals surface area contributed by atoms with Crippen LogP contribution in [0.3, 0.4) is 0 Å². The number of thioether (sulfide) groups is 1. The van der Waals surface area contributed by atoms with Gasteiger partial charge in [0.25, 0.3) is 5.56 Å². The molecule has 0 radical (unpaired) electrons. The highest BCUT2D eigenvalue weighted by Crippen LogP contribution is 2.22. The van der Waals surface area contributed by atoms with Crippen molar-refractivity contribution in [3.05, 3.63) is 50.8 Å². The van der Waals surface area contributed by atoms with Gasteiger partial charge in [0.1, 0.15) is 10.6 Å². The minimum absolute atomic E-state index is 0.0108.